The highest BCUT2D eigenvalue weighted by Gasteiger charge is 2.42. The molecule has 42 heteroatoms. The van der Waals surface area contributed by atoms with Gasteiger partial charge >= 0.3 is 30.4 Å². The third kappa shape index (κ3) is 27.7. The van der Waals surface area contributed by atoms with Crippen molar-refractivity contribution >= 4 is 151 Å². The number of allylic oxidation sites excluding steroid dienone is 2. The fraction of sp³-hybridized carbons (Fsp3) is 0.500. The average molecular weight is 2080 g/mol. The number of alkyl halides is 8. The summed E-state index contributed by atoms with van der Waals surface area (Å²) >= 11 is 13.4. The molecule has 3 amide bonds. The number of carbonyl (C=O) groups is 3. The van der Waals surface area contributed by atoms with Crippen LogP contribution in [0.5, 0.6) is 18.0 Å². The minimum Gasteiger partial charge on any atom is -0.462 e. The number of rotatable bonds is 25. The molecule has 6 atom stereocenters. The first-order valence-corrected chi connectivity index (χ1v) is 47.8. The number of piperazine rings is 3. The molecule has 6 saturated heterocycles. The van der Waals surface area contributed by atoms with Crippen molar-refractivity contribution in [1.29, 1.82) is 0 Å². The van der Waals surface area contributed by atoms with Gasteiger partial charge in [0.1, 0.15) is 55.4 Å². The number of hydrogen-bond acceptors (Lipinski definition) is 22. The molecular formula is C100H124Cl2F8N22O6S4. The Kier molecular flexibility index (Phi) is 40.0. The van der Waals surface area contributed by atoms with E-state index in [2.05, 4.69) is 143 Å². The number of nitrogens with zero attached hydrogens (tertiary/aromatic N) is 22. The summed E-state index contributed by atoms with van der Waals surface area (Å²) in [7, 11) is 7.64. The first-order chi connectivity index (χ1) is 66.4. The predicted molar refractivity (Wildman–Crippen MR) is 560 cm³/mol. The molecule has 142 heavy (non-hydrogen) atoms. The molecule has 9 aliphatic heterocycles. The number of benzene rings is 5. The van der Waals surface area contributed by atoms with Crippen LogP contribution < -0.4 is 43.6 Å². The van der Waals surface area contributed by atoms with Gasteiger partial charge in [0.05, 0.1) is 53.3 Å². The molecule has 0 bridgehead atoms. The molecule has 0 N–H and O–H groups in total. The molecule has 5 aromatic carbocycles. The number of fused-ring (bicyclic) bond motifs is 5. The van der Waals surface area contributed by atoms with Crippen molar-refractivity contribution in [1.82, 2.24) is 64.2 Å². The molecule has 0 saturated carbocycles. The fourth-order valence-electron chi connectivity index (χ4n) is 20.1. The van der Waals surface area contributed by atoms with E-state index in [1.807, 2.05) is 41.3 Å². The van der Waals surface area contributed by atoms with Crippen LogP contribution in [0.25, 0.3) is 36.1 Å². The van der Waals surface area contributed by atoms with Gasteiger partial charge in [0.2, 0.25) is 37.4 Å². The van der Waals surface area contributed by atoms with E-state index in [4.69, 9.17) is 87.0 Å². The number of anilines is 6. The molecule has 0 aliphatic carbocycles. The van der Waals surface area contributed by atoms with E-state index >= 15 is 0 Å². The molecule has 28 nitrogen and oxygen atoms in total. The maximum Gasteiger partial charge on any atom is 0.409 e. The smallest absolute Gasteiger partial charge is 0.409 e. The number of carbonyl (C=O) groups excluding carboxylic acids is 3. The summed E-state index contributed by atoms with van der Waals surface area (Å²) in [6, 6.07) is 30.8. The second kappa shape index (κ2) is 50.8. The lowest BCUT2D eigenvalue weighted by Crippen LogP contribution is -2.56. The maximum atomic E-state index is 13.2. The highest BCUT2D eigenvalue weighted by atomic mass is 35.5. The molecular weight excluding hydrogens is 1960 g/mol. The van der Waals surface area contributed by atoms with Crippen LogP contribution >= 0.6 is 77.2 Å². The van der Waals surface area contributed by atoms with Gasteiger partial charge in [-0.15, -0.1) is 0 Å². The van der Waals surface area contributed by atoms with E-state index in [1.54, 1.807) is 4.90 Å². The minimum absolute atomic E-state index is 0. The van der Waals surface area contributed by atoms with Crippen LogP contribution in [-0.2, 0) is 53.3 Å². The van der Waals surface area contributed by atoms with Gasteiger partial charge in [-0.3, -0.25) is 19.3 Å². The summed E-state index contributed by atoms with van der Waals surface area (Å²) in [4.78, 5) is 104. The first-order valence-electron chi connectivity index (χ1n) is 47.0. The highest BCUT2D eigenvalue weighted by molar-refractivity contribution is 7.59. The van der Waals surface area contributed by atoms with Crippen LogP contribution in [0.2, 0.25) is 10.0 Å². The van der Waals surface area contributed by atoms with Crippen molar-refractivity contribution in [2.24, 2.45) is 0 Å². The molecule has 12 heterocycles. The van der Waals surface area contributed by atoms with Crippen molar-refractivity contribution in [2.75, 3.05) is 208 Å². The van der Waals surface area contributed by atoms with E-state index in [0.717, 1.165) is 173 Å². The number of ether oxygens (including phenoxy) is 3. The minimum atomic E-state index is -4.58. The summed E-state index contributed by atoms with van der Waals surface area (Å²) in [5.74, 6) is 0.639. The Bertz CT molecular complexity index is 5930. The van der Waals surface area contributed by atoms with Crippen LogP contribution in [0.3, 0.4) is 0 Å². The van der Waals surface area contributed by atoms with E-state index in [1.165, 1.54) is 40.1 Å². The Morgan fingerprint density at radius 2 is 0.817 bits per heavy atom. The zero-order valence-corrected chi connectivity index (χ0v) is 86.0. The Morgan fingerprint density at radius 1 is 0.465 bits per heavy atom. The third-order valence-electron chi connectivity index (χ3n) is 27.6. The predicted octanol–water partition coefficient (Wildman–Crippen LogP) is 15.0. The number of aromatic nitrogens is 6. The zero-order chi connectivity index (χ0) is 97.6. The maximum absolute atomic E-state index is 13.2. The summed E-state index contributed by atoms with van der Waals surface area (Å²) in [6.07, 6.45) is 1.71. The third-order valence-corrected chi connectivity index (χ3v) is 28.2. The van der Waals surface area contributed by atoms with Gasteiger partial charge in [0.25, 0.3) is 6.43 Å². The van der Waals surface area contributed by atoms with Gasteiger partial charge in [0.15, 0.2) is 0 Å². The van der Waals surface area contributed by atoms with Crippen LogP contribution in [0.4, 0.5) is 69.6 Å². The second-order valence-corrected chi connectivity index (χ2v) is 37.5. The van der Waals surface area contributed by atoms with Crippen molar-refractivity contribution < 1.29 is 63.7 Å². The largest absolute Gasteiger partial charge is 0.462 e. The van der Waals surface area contributed by atoms with Gasteiger partial charge < -0.3 is 87.5 Å². The van der Waals surface area contributed by atoms with Crippen LogP contribution in [0.15, 0.2) is 127 Å². The SMILES string of the molecule is S.S.S.S.[C-]#[N+]C[C@H]1CN(c2nc(OC[C@@H]3CCCN3C)nc3c2CCN(c2cccc(C)c2C)C3)CCN1C(=O)/C=C/C(F)(F)F.[C-]#[N+]C[C@H]1CN(c2nc(OC[C@@H]3CCCN3C)nc3c2CCN(c2cccc4cccc(Cl)c24)C3)CCN1C(=O)/C=C/C(F)F.[C-]#[N+]C[C@H]1CN(c2nc(OC[C@@H]3CCCN3C)nc3c2CCN(c2cccc4cccc(Cl)c24)C3)CCN1C(=O)/C=C/CN(C)CC(F)(F)F. The van der Waals surface area contributed by atoms with Crippen molar-refractivity contribution in [2.45, 2.75) is 146 Å². The second-order valence-electron chi connectivity index (χ2n) is 36.7. The molecule has 17 rings (SSSR count). The summed E-state index contributed by atoms with van der Waals surface area (Å²) < 4.78 is 121. The van der Waals surface area contributed by atoms with Crippen LogP contribution in [0, 0.1) is 33.6 Å². The average Bonchev–Trinajstić information content (AvgIpc) is 0.804. The van der Waals surface area contributed by atoms with Gasteiger partial charge in [-0.05, 0) is 178 Å². The molecule has 6 fully saturated rings. The van der Waals surface area contributed by atoms with E-state index in [-0.39, 0.29) is 124 Å². The van der Waals surface area contributed by atoms with Crippen molar-refractivity contribution in [3.05, 3.63) is 217 Å². The molecule has 3 aromatic heterocycles. The molecule has 0 spiro atoms. The molecule has 0 radical (unpaired) electrons. The Balaban J connectivity index is 0.000000201. The number of amides is 3. The number of halogens is 10. The lowest BCUT2D eigenvalue weighted by molar-refractivity contribution is -0.142. The van der Waals surface area contributed by atoms with Gasteiger partial charge in [0, 0.05) is 172 Å². The standard InChI is InChI=1S/C36H42ClF3N8O2.C33H36ClF2N7O2.C31H38F3N7O2.4H2S/c1-41-20-27-21-47(18-19-48(27)32(49)13-7-15-44(2)24-36(38,39)40)34-28-14-17-46(31-12-5-9-25-8-4-11-29(37)33(25)31)22-30(28)42-35(43-34)50-23-26-10-6-16-45(26)3;1-37-18-24-19-42(16-17-43(24)30(44)12-11-29(35)36)32-25-13-15-41(28-10-4-7-22-6-3-9-26(34)31(22)28)20-27(25)38-33(39-32)45-21-23-8-5-14-40(23)2;1-21-7-5-9-27(22(21)2)39-14-11-25-26(19-39)36-30(43-20-23-8-6-13-38(23)4)37-29(25)40-15-16-41(24(18-40)17-35-3)28(42)10-12-31(32,33)34;;;;/h4-5,7-9,11-13,26-27H,6,10,14-24H2,2-3H3;3-4,6-7,9-12,23-24,29H,5,8,13-21H2,2H3;5,7,9-10,12,23-24H,6,8,11,13-20H2,1-2,4H3;4*1H2/b13-7+;12-11+;12-10+;;;;/t26-,27-;2*23-,24-;;;;/m000..../s1. The summed E-state index contributed by atoms with van der Waals surface area (Å²) in [5, 5.41) is 5.53. The van der Waals surface area contributed by atoms with Crippen LogP contribution in [-0.4, -0.2) is 316 Å². The van der Waals surface area contributed by atoms with Gasteiger partial charge in [-0.1, -0.05) is 89.9 Å². The summed E-state index contributed by atoms with van der Waals surface area (Å²) in [5.41, 5.74) is 11.3. The molecule has 0 unspecified atom stereocenters. The first kappa shape index (κ1) is 112. The lowest BCUT2D eigenvalue weighted by Gasteiger charge is -2.41. The Labute approximate surface area is 862 Å². The topological polar surface area (TPSA) is 211 Å². The van der Waals surface area contributed by atoms with Gasteiger partial charge in [-0.25, -0.2) is 28.5 Å². The van der Waals surface area contributed by atoms with Crippen LogP contribution in [0.1, 0.15) is 83.4 Å². The lowest BCUT2D eigenvalue weighted by atomic mass is 10.0. The number of hydrogen-bond donors (Lipinski definition) is 0. The zero-order valence-electron chi connectivity index (χ0n) is 80.5. The molecule has 8 aromatic rings. The highest BCUT2D eigenvalue weighted by Crippen LogP contribution is 2.42. The number of likely N-dealkylation sites (tertiary alicyclic amines) is 3. The molecule has 764 valence electrons. The Hall–Kier alpha value is -10.6. The normalized spacial score (nSPS) is 20.1. The Morgan fingerprint density at radius 3 is 1.17 bits per heavy atom. The van der Waals surface area contributed by atoms with Gasteiger partial charge in [-0.2, -0.15) is 110 Å². The van der Waals surface area contributed by atoms with Crippen molar-refractivity contribution in [3.8, 4) is 18.0 Å². The van der Waals surface area contributed by atoms with E-state index in [0.29, 0.717) is 150 Å². The summed E-state index contributed by atoms with van der Waals surface area (Å²) in [6.45, 7) is 37.3. The number of likely N-dealkylation sites (N-methyl/N-ethyl adjacent to an activating group) is 4. The van der Waals surface area contributed by atoms with E-state index < -0.39 is 55.3 Å². The monoisotopic (exact) mass is 2080 g/mol. The van der Waals surface area contributed by atoms with Crippen molar-refractivity contribution in [3.63, 3.8) is 0 Å². The quantitative estimate of drug-likeness (QED) is 0.0296. The number of aryl methyl sites for hydroxylation is 1. The molecule has 9 aliphatic rings. The fourth-order valence-corrected chi connectivity index (χ4v) is 20.7. The van der Waals surface area contributed by atoms with E-state index in [9.17, 15) is 49.5 Å².